The Balaban J connectivity index is 1.64. The quantitative estimate of drug-likeness (QED) is 0.797. The Morgan fingerprint density at radius 1 is 1.10 bits per heavy atom. The molecule has 3 N–H and O–H groups in total. The third-order valence-corrected chi connectivity index (χ3v) is 4.63. The summed E-state index contributed by atoms with van der Waals surface area (Å²) in [4.78, 5) is 0. The number of aryl methyl sites for hydroxylation is 1. The maximum Gasteiger partial charge on any atom is 0.0691 e. The highest BCUT2D eigenvalue weighted by atomic mass is 16.3. The number of benzene rings is 1. The fraction of sp³-hybridized carbons (Fsp3) is 0.667. The Morgan fingerprint density at radius 3 is 2.50 bits per heavy atom. The van der Waals surface area contributed by atoms with E-state index >= 15 is 0 Å². The molecule has 1 aliphatic carbocycles. The molecule has 0 spiro atoms. The van der Waals surface area contributed by atoms with Crippen LogP contribution in [0.15, 0.2) is 30.3 Å². The van der Waals surface area contributed by atoms with Crippen molar-refractivity contribution in [3.8, 4) is 0 Å². The zero-order valence-electron chi connectivity index (χ0n) is 12.5. The molecule has 2 nitrogen and oxygen atoms in total. The molecule has 0 aromatic heterocycles. The van der Waals surface area contributed by atoms with Crippen LogP contribution in [-0.4, -0.2) is 17.3 Å². The summed E-state index contributed by atoms with van der Waals surface area (Å²) in [6.45, 7) is 0. The van der Waals surface area contributed by atoms with Crippen molar-refractivity contribution < 1.29 is 5.11 Å². The zero-order chi connectivity index (χ0) is 14.2. The van der Waals surface area contributed by atoms with E-state index in [2.05, 4.69) is 24.3 Å². The molecule has 0 amide bonds. The number of rotatable bonds is 7. The predicted octanol–water partition coefficient (Wildman–Crippen LogP) is 3.67. The molecular formula is C18H29NO. The summed E-state index contributed by atoms with van der Waals surface area (Å²) in [6, 6.07) is 10.4. The maximum absolute atomic E-state index is 10.2. The summed E-state index contributed by atoms with van der Waals surface area (Å²) in [5.41, 5.74) is 7.53. The fourth-order valence-electron chi connectivity index (χ4n) is 3.34. The molecule has 1 aliphatic rings. The molecule has 0 saturated heterocycles. The molecule has 1 saturated carbocycles. The topological polar surface area (TPSA) is 46.2 Å². The van der Waals surface area contributed by atoms with Crippen molar-refractivity contribution in [1.82, 2.24) is 0 Å². The van der Waals surface area contributed by atoms with Crippen LogP contribution >= 0.6 is 0 Å². The van der Waals surface area contributed by atoms with Crippen LogP contribution in [0.5, 0.6) is 0 Å². The number of aliphatic hydroxyl groups is 1. The Bertz CT molecular complexity index is 359. The van der Waals surface area contributed by atoms with Gasteiger partial charge in [0.25, 0.3) is 0 Å². The van der Waals surface area contributed by atoms with Gasteiger partial charge in [0.2, 0.25) is 0 Å². The number of hydrogen-bond acceptors (Lipinski definition) is 2. The van der Waals surface area contributed by atoms with E-state index in [0.29, 0.717) is 0 Å². The Kier molecular flexibility index (Phi) is 6.55. The molecule has 0 aliphatic heterocycles. The largest absolute Gasteiger partial charge is 0.392 e. The van der Waals surface area contributed by atoms with E-state index in [4.69, 9.17) is 5.73 Å². The standard InChI is InChI=1S/C18H29NO/c19-17(14-16-10-5-2-6-11-16)18(20)13-7-12-15-8-3-1-4-9-15/h1,3-4,8-9,16-18,20H,2,5-7,10-14,19H2. The minimum absolute atomic E-state index is 0.0335. The normalized spacial score (nSPS) is 19.7. The SMILES string of the molecule is NC(CC1CCCCC1)C(O)CCCc1ccccc1. The van der Waals surface area contributed by atoms with Crippen molar-refractivity contribution >= 4 is 0 Å². The first-order valence-electron chi connectivity index (χ1n) is 8.23. The summed E-state index contributed by atoms with van der Waals surface area (Å²) in [6.07, 6.45) is 10.2. The van der Waals surface area contributed by atoms with Gasteiger partial charge in [-0.05, 0) is 37.2 Å². The molecule has 2 rings (SSSR count). The first kappa shape index (κ1) is 15.5. The summed E-state index contributed by atoms with van der Waals surface area (Å²) in [5, 5.41) is 10.2. The van der Waals surface area contributed by atoms with Gasteiger partial charge in [0.15, 0.2) is 0 Å². The third-order valence-electron chi connectivity index (χ3n) is 4.63. The highest BCUT2D eigenvalue weighted by molar-refractivity contribution is 5.14. The first-order chi connectivity index (χ1) is 9.75. The Labute approximate surface area is 123 Å². The summed E-state index contributed by atoms with van der Waals surface area (Å²) in [7, 11) is 0. The molecule has 2 heteroatoms. The van der Waals surface area contributed by atoms with Crippen molar-refractivity contribution in [3.63, 3.8) is 0 Å². The van der Waals surface area contributed by atoms with Gasteiger partial charge >= 0.3 is 0 Å². The van der Waals surface area contributed by atoms with Crippen LogP contribution < -0.4 is 5.73 Å². The number of aliphatic hydroxyl groups excluding tert-OH is 1. The van der Waals surface area contributed by atoms with E-state index in [9.17, 15) is 5.11 Å². The lowest BCUT2D eigenvalue weighted by Crippen LogP contribution is -2.36. The minimum Gasteiger partial charge on any atom is -0.392 e. The molecular weight excluding hydrogens is 246 g/mol. The summed E-state index contributed by atoms with van der Waals surface area (Å²) in [5.74, 6) is 0.752. The van der Waals surface area contributed by atoms with Gasteiger partial charge in [-0.1, -0.05) is 62.4 Å². The predicted molar refractivity (Wildman–Crippen MR) is 84.6 cm³/mol. The molecule has 20 heavy (non-hydrogen) atoms. The number of hydrogen-bond donors (Lipinski definition) is 2. The first-order valence-corrected chi connectivity index (χ1v) is 8.23. The van der Waals surface area contributed by atoms with Crippen molar-refractivity contribution in [3.05, 3.63) is 35.9 Å². The van der Waals surface area contributed by atoms with Crippen LogP contribution in [0.4, 0.5) is 0 Å². The van der Waals surface area contributed by atoms with Gasteiger partial charge in [0.1, 0.15) is 0 Å². The minimum atomic E-state index is -0.333. The van der Waals surface area contributed by atoms with Gasteiger partial charge < -0.3 is 10.8 Å². The maximum atomic E-state index is 10.2. The second-order valence-corrected chi connectivity index (χ2v) is 6.35. The van der Waals surface area contributed by atoms with Gasteiger partial charge in [0, 0.05) is 6.04 Å². The van der Waals surface area contributed by atoms with E-state index < -0.39 is 0 Å². The van der Waals surface area contributed by atoms with E-state index in [1.165, 1.54) is 37.7 Å². The smallest absolute Gasteiger partial charge is 0.0691 e. The average Bonchev–Trinajstić information content (AvgIpc) is 2.49. The van der Waals surface area contributed by atoms with Crippen molar-refractivity contribution in [1.29, 1.82) is 0 Å². The highest BCUT2D eigenvalue weighted by Crippen LogP contribution is 2.27. The zero-order valence-corrected chi connectivity index (χ0v) is 12.5. The molecule has 2 atom stereocenters. The van der Waals surface area contributed by atoms with Crippen LogP contribution in [0.25, 0.3) is 0 Å². The number of nitrogens with two attached hydrogens (primary N) is 1. The van der Waals surface area contributed by atoms with Crippen LogP contribution in [-0.2, 0) is 6.42 Å². The van der Waals surface area contributed by atoms with E-state index in [-0.39, 0.29) is 12.1 Å². The lowest BCUT2D eigenvalue weighted by atomic mass is 9.83. The molecule has 1 fully saturated rings. The summed E-state index contributed by atoms with van der Waals surface area (Å²) < 4.78 is 0. The van der Waals surface area contributed by atoms with Crippen LogP contribution in [0.2, 0.25) is 0 Å². The van der Waals surface area contributed by atoms with Crippen LogP contribution in [0.3, 0.4) is 0 Å². The van der Waals surface area contributed by atoms with Gasteiger partial charge in [0.05, 0.1) is 6.10 Å². The van der Waals surface area contributed by atoms with Crippen LogP contribution in [0, 0.1) is 5.92 Å². The monoisotopic (exact) mass is 275 g/mol. The van der Waals surface area contributed by atoms with Gasteiger partial charge in [-0.3, -0.25) is 0 Å². The van der Waals surface area contributed by atoms with E-state index in [1.807, 2.05) is 6.07 Å². The fourth-order valence-corrected chi connectivity index (χ4v) is 3.34. The Morgan fingerprint density at radius 2 is 1.80 bits per heavy atom. The van der Waals surface area contributed by atoms with E-state index in [1.54, 1.807) is 0 Å². The third kappa shape index (κ3) is 5.26. The lowest BCUT2D eigenvalue weighted by Gasteiger charge is -2.27. The van der Waals surface area contributed by atoms with Crippen molar-refractivity contribution in [2.75, 3.05) is 0 Å². The molecule has 112 valence electrons. The molecule has 2 unspecified atom stereocenters. The highest BCUT2D eigenvalue weighted by Gasteiger charge is 2.21. The summed E-state index contributed by atoms with van der Waals surface area (Å²) >= 11 is 0. The second kappa shape index (κ2) is 8.43. The van der Waals surface area contributed by atoms with Crippen molar-refractivity contribution in [2.45, 2.75) is 69.9 Å². The second-order valence-electron chi connectivity index (χ2n) is 6.35. The van der Waals surface area contributed by atoms with Crippen LogP contribution in [0.1, 0.15) is 56.9 Å². The molecule has 1 aromatic carbocycles. The Hall–Kier alpha value is -0.860. The molecule has 0 heterocycles. The van der Waals surface area contributed by atoms with Gasteiger partial charge in [-0.15, -0.1) is 0 Å². The molecule has 0 bridgehead atoms. The van der Waals surface area contributed by atoms with Gasteiger partial charge in [-0.25, -0.2) is 0 Å². The lowest BCUT2D eigenvalue weighted by molar-refractivity contribution is 0.116. The van der Waals surface area contributed by atoms with Gasteiger partial charge in [-0.2, -0.15) is 0 Å². The van der Waals surface area contributed by atoms with E-state index in [0.717, 1.165) is 31.6 Å². The molecule has 1 aromatic rings. The molecule has 0 radical (unpaired) electrons. The average molecular weight is 275 g/mol. The van der Waals surface area contributed by atoms with Crippen molar-refractivity contribution in [2.24, 2.45) is 11.7 Å².